The predicted molar refractivity (Wildman–Crippen MR) is 77.5 cm³/mol. The van der Waals surface area contributed by atoms with Crippen LogP contribution in [0.2, 0.25) is 0 Å². The molecule has 0 radical (unpaired) electrons. The molecule has 0 amide bonds. The van der Waals surface area contributed by atoms with E-state index in [0.717, 1.165) is 10.6 Å². The molecular weight excluding hydrogens is 276 g/mol. The van der Waals surface area contributed by atoms with Crippen molar-refractivity contribution >= 4 is 28.8 Å². The number of nitrogens with zero attached hydrogens (tertiary/aromatic N) is 1. The number of para-hydroxylation sites is 1. The van der Waals surface area contributed by atoms with E-state index < -0.39 is 5.97 Å². The average Bonchev–Trinajstić information content (AvgIpc) is 2.85. The molecule has 0 saturated heterocycles. The molecule has 6 heteroatoms. The lowest BCUT2D eigenvalue weighted by atomic mass is 10.1. The van der Waals surface area contributed by atoms with Crippen LogP contribution in [0.4, 0.5) is 5.69 Å². The second-order valence-corrected chi connectivity index (χ2v) is 5.20. The third-order valence-corrected chi connectivity index (χ3v) is 3.66. The standard InChI is InChI=1S/C14H14N2O3S/c15-12-4-2-1-3-11(12)14-16-9(8-20-14)7-10(17)5-6-13(18)19/h1-4,8H,5-7,15H2,(H,18,19). The summed E-state index contributed by atoms with van der Waals surface area (Å²) in [6.07, 6.45) is 0.0631. The van der Waals surface area contributed by atoms with Crippen LogP contribution >= 0.6 is 11.3 Å². The van der Waals surface area contributed by atoms with E-state index in [1.54, 1.807) is 11.4 Å². The Morgan fingerprint density at radius 3 is 2.70 bits per heavy atom. The molecule has 20 heavy (non-hydrogen) atoms. The Kier molecular flexibility index (Phi) is 4.47. The second-order valence-electron chi connectivity index (χ2n) is 4.34. The van der Waals surface area contributed by atoms with Crippen molar-refractivity contribution in [2.45, 2.75) is 19.3 Å². The van der Waals surface area contributed by atoms with Gasteiger partial charge in [-0.05, 0) is 12.1 Å². The molecule has 0 aliphatic heterocycles. The molecule has 0 fully saturated rings. The van der Waals surface area contributed by atoms with E-state index in [9.17, 15) is 9.59 Å². The Bertz CT molecular complexity index is 637. The highest BCUT2D eigenvalue weighted by molar-refractivity contribution is 7.13. The summed E-state index contributed by atoms with van der Waals surface area (Å²) in [4.78, 5) is 26.4. The van der Waals surface area contributed by atoms with Gasteiger partial charge in [0.05, 0.1) is 12.1 Å². The van der Waals surface area contributed by atoms with Gasteiger partial charge in [0.1, 0.15) is 10.8 Å². The number of nitrogens with two attached hydrogens (primary N) is 1. The summed E-state index contributed by atoms with van der Waals surface area (Å²) in [6.45, 7) is 0. The maximum Gasteiger partial charge on any atom is 0.303 e. The summed E-state index contributed by atoms with van der Waals surface area (Å²) >= 11 is 1.42. The molecule has 0 unspecified atom stereocenters. The lowest BCUT2D eigenvalue weighted by Gasteiger charge is -2.00. The van der Waals surface area contributed by atoms with Crippen LogP contribution in [0.1, 0.15) is 18.5 Å². The Morgan fingerprint density at radius 1 is 1.25 bits per heavy atom. The van der Waals surface area contributed by atoms with E-state index in [4.69, 9.17) is 10.8 Å². The minimum Gasteiger partial charge on any atom is -0.481 e. The zero-order valence-electron chi connectivity index (χ0n) is 10.7. The van der Waals surface area contributed by atoms with Crippen LogP contribution in [-0.4, -0.2) is 21.8 Å². The number of hydrogen-bond acceptors (Lipinski definition) is 5. The van der Waals surface area contributed by atoms with Gasteiger partial charge >= 0.3 is 5.97 Å². The van der Waals surface area contributed by atoms with Gasteiger partial charge < -0.3 is 10.8 Å². The predicted octanol–water partition coefficient (Wildman–Crippen LogP) is 2.37. The van der Waals surface area contributed by atoms with Gasteiger partial charge in [-0.1, -0.05) is 12.1 Å². The number of carbonyl (C=O) groups excluding carboxylic acids is 1. The highest BCUT2D eigenvalue weighted by atomic mass is 32.1. The summed E-state index contributed by atoms with van der Waals surface area (Å²) in [5, 5.41) is 11.1. The summed E-state index contributed by atoms with van der Waals surface area (Å²) in [6, 6.07) is 7.41. The van der Waals surface area contributed by atoms with Gasteiger partial charge in [-0.15, -0.1) is 11.3 Å². The second kappa shape index (κ2) is 6.29. The van der Waals surface area contributed by atoms with Crippen LogP contribution < -0.4 is 5.73 Å². The molecule has 1 heterocycles. The van der Waals surface area contributed by atoms with E-state index in [0.29, 0.717) is 11.4 Å². The van der Waals surface area contributed by atoms with Crippen molar-refractivity contribution in [3.8, 4) is 10.6 Å². The quantitative estimate of drug-likeness (QED) is 0.797. The fraction of sp³-hybridized carbons (Fsp3) is 0.214. The number of aromatic nitrogens is 1. The van der Waals surface area contributed by atoms with Crippen molar-refractivity contribution in [3.63, 3.8) is 0 Å². The van der Waals surface area contributed by atoms with Crippen molar-refractivity contribution in [2.24, 2.45) is 0 Å². The van der Waals surface area contributed by atoms with Gasteiger partial charge in [0.15, 0.2) is 0 Å². The van der Waals surface area contributed by atoms with E-state index in [-0.39, 0.29) is 25.0 Å². The first-order valence-electron chi connectivity index (χ1n) is 6.09. The lowest BCUT2D eigenvalue weighted by molar-refractivity contribution is -0.138. The number of carboxylic acid groups (broad SMARTS) is 1. The van der Waals surface area contributed by atoms with Crippen LogP contribution in [0.5, 0.6) is 0 Å². The Balaban J connectivity index is 2.04. The number of ketones is 1. The molecule has 0 saturated carbocycles. The molecule has 0 bridgehead atoms. The van der Waals surface area contributed by atoms with Crippen LogP contribution in [0.25, 0.3) is 10.6 Å². The van der Waals surface area contributed by atoms with Crippen molar-refractivity contribution in [1.82, 2.24) is 4.98 Å². The van der Waals surface area contributed by atoms with Crippen LogP contribution in [0.3, 0.4) is 0 Å². The minimum atomic E-state index is -0.964. The van der Waals surface area contributed by atoms with Crippen molar-refractivity contribution in [3.05, 3.63) is 35.3 Å². The fourth-order valence-electron chi connectivity index (χ4n) is 1.74. The monoisotopic (exact) mass is 290 g/mol. The maximum absolute atomic E-state index is 11.6. The first-order valence-corrected chi connectivity index (χ1v) is 6.97. The third kappa shape index (κ3) is 3.64. The molecule has 104 valence electrons. The largest absolute Gasteiger partial charge is 0.481 e. The highest BCUT2D eigenvalue weighted by Gasteiger charge is 2.11. The summed E-state index contributed by atoms with van der Waals surface area (Å²) in [5.41, 5.74) is 8.03. The number of aliphatic carboxylic acids is 1. The molecule has 5 nitrogen and oxygen atoms in total. The zero-order valence-corrected chi connectivity index (χ0v) is 11.5. The first-order chi connectivity index (χ1) is 9.56. The number of Topliss-reactive ketones (excluding diaryl/α,β-unsaturated/α-hetero) is 1. The summed E-state index contributed by atoms with van der Waals surface area (Å²) < 4.78 is 0. The number of thiazole rings is 1. The molecule has 2 aromatic rings. The van der Waals surface area contributed by atoms with Crippen molar-refractivity contribution in [2.75, 3.05) is 5.73 Å². The van der Waals surface area contributed by atoms with Gasteiger partial charge in [-0.2, -0.15) is 0 Å². The van der Waals surface area contributed by atoms with Gasteiger partial charge in [0, 0.05) is 29.5 Å². The Labute approximate surface area is 120 Å². The topological polar surface area (TPSA) is 93.3 Å². The minimum absolute atomic E-state index is 0.0374. The number of nitrogen functional groups attached to an aromatic ring is 1. The van der Waals surface area contributed by atoms with Crippen molar-refractivity contribution < 1.29 is 14.7 Å². The molecule has 0 aliphatic carbocycles. The van der Waals surface area contributed by atoms with E-state index in [2.05, 4.69) is 4.98 Å². The Morgan fingerprint density at radius 2 is 2.00 bits per heavy atom. The number of anilines is 1. The molecule has 0 atom stereocenters. The SMILES string of the molecule is Nc1ccccc1-c1nc(CC(=O)CCC(=O)O)cs1. The van der Waals surface area contributed by atoms with Crippen LogP contribution in [0.15, 0.2) is 29.6 Å². The number of carboxylic acids is 1. The normalized spacial score (nSPS) is 10.4. The first kappa shape index (κ1) is 14.2. The van der Waals surface area contributed by atoms with Crippen LogP contribution in [0, 0.1) is 0 Å². The van der Waals surface area contributed by atoms with Gasteiger partial charge in [0.25, 0.3) is 0 Å². The average molecular weight is 290 g/mol. The van der Waals surface area contributed by atoms with E-state index in [1.807, 2.05) is 18.2 Å². The summed E-state index contributed by atoms with van der Waals surface area (Å²) in [5.74, 6) is -1.08. The fourth-order valence-corrected chi connectivity index (χ4v) is 2.61. The molecular formula is C14H14N2O3S. The van der Waals surface area contributed by atoms with Gasteiger partial charge in [-0.25, -0.2) is 4.98 Å². The Hall–Kier alpha value is -2.21. The lowest BCUT2D eigenvalue weighted by Crippen LogP contribution is -2.06. The van der Waals surface area contributed by atoms with Crippen molar-refractivity contribution in [1.29, 1.82) is 0 Å². The maximum atomic E-state index is 11.6. The highest BCUT2D eigenvalue weighted by Crippen LogP contribution is 2.28. The molecule has 1 aromatic carbocycles. The number of carbonyl (C=O) groups is 2. The molecule has 3 N–H and O–H groups in total. The van der Waals surface area contributed by atoms with Gasteiger partial charge in [0.2, 0.25) is 0 Å². The smallest absolute Gasteiger partial charge is 0.303 e. The number of benzene rings is 1. The molecule has 0 aliphatic rings. The number of hydrogen-bond donors (Lipinski definition) is 2. The molecule has 1 aromatic heterocycles. The summed E-state index contributed by atoms with van der Waals surface area (Å²) in [7, 11) is 0. The number of rotatable bonds is 6. The van der Waals surface area contributed by atoms with Gasteiger partial charge in [-0.3, -0.25) is 9.59 Å². The molecule has 0 spiro atoms. The molecule has 2 rings (SSSR count). The third-order valence-electron chi connectivity index (χ3n) is 2.74. The zero-order chi connectivity index (χ0) is 14.5. The van der Waals surface area contributed by atoms with E-state index >= 15 is 0 Å². The van der Waals surface area contributed by atoms with E-state index in [1.165, 1.54) is 11.3 Å². The van der Waals surface area contributed by atoms with Crippen LogP contribution in [-0.2, 0) is 16.0 Å².